The Morgan fingerprint density at radius 1 is 1.08 bits per heavy atom. The Kier molecular flexibility index (Phi) is 4.86. The molecule has 3 nitrogen and oxygen atoms in total. The molecule has 1 aliphatic carbocycles. The van der Waals surface area contributed by atoms with Crippen molar-refractivity contribution >= 4 is 11.5 Å². The molecule has 0 amide bonds. The summed E-state index contributed by atoms with van der Waals surface area (Å²) in [6.07, 6.45) is 2.95. The average molecular weight is 354 g/mol. The second-order valence-corrected chi connectivity index (χ2v) is 6.87. The summed E-state index contributed by atoms with van der Waals surface area (Å²) in [5, 5.41) is 0. The fourth-order valence-corrected chi connectivity index (χ4v) is 3.45. The van der Waals surface area contributed by atoms with E-state index in [4.69, 9.17) is 9.47 Å². The highest BCUT2D eigenvalue weighted by Gasteiger charge is 2.23. The van der Waals surface area contributed by atoms with E-state index in [1.807, 2.05) is 32.9 Å². The summed E-state index contributed by atoms with van der Waals surface area (Å²) in [5.74, 6) is -0.307. The van der Waals surface area contributed by atoms with Crippen molar-refractivity contribution in [2.75, 3.05) is 14.2 Å². The molecule has 0 saturated heterocycles. The molecular formula is C22H23FO3. The van der Waals surface area contributed by atoms with E-state index in [2.05, 4.69) is 6.08 Å². The van der Waals surface area contributed by atoms with Crippen molar-refractivity contribution in [3.05, 3.63) is 58.4 Å². The lowest BCUT2D eigenvalue weighted by atomic mass is 9.90. The fraction of sp³-hybridized carbons (Fsp3) is 0.318. The number of allylic oxidation sites excluding steroid dienone is 2. The molecule has 0 saturated carbocycles. The average Bonchev–Trinajstić information content (AvgIpc) is 2.99. The maximum Gasteiger partial charge on any atom is 0.338 e. The van der Waals surface area contributed by atoms with E-state index in [0.29, 0.717) is 28.0 Å². The zero-order valence-corrected chi connectivity index (χ0v) is 15.8. The van der Waals surface area contributed by atoms with Crippen molar-refractivity contribution in [3.63, 3.8) is 0 Å². The number of carbonyl (C=O) groups is 1. The fourth-order valence-electron chi connectivity index (χ4n) is 3.45. The van der Waals surface area contributed by atoms with Crippen LogP contribution >= 0.6 is 0 Å². The molecule has 2 aromatic rings. The monoisotopic (exact) mass is 354 g/mol. The van der Waals surface area contributed by atoms with Gasteiger partial charge in [-0.2, -0.15) is 0 Å². The number of fused-ring (bicyclic) bond motifs is 1. The van der Waals surface area contributed by atoms with E-state index >= 15 is 0 Å². The number of ether oxygens (including phenoxy) is 2. The Bertz CT molecular complexity index is 910. The van der Waals surface area contributed by atoms with Crippen LogP contribution in [0.25, 0.3) is 16.7 Å². The lowest BCUT2D eigenvalue weighted by Crippen LogP contribution is -2.07. The zero-order valence-electron chi connectivity index (χ0n) is 15.8. The second-order valence-electron chi connectivity index (χ2n) is 6.87. The number of halogens is 1. The van der Waals surface area contributed by atoms with Gasteiger partial charge >= 0.3 is 5.97 Å². The van der Waals surface area contributed by atoms with Gasteiger partial charge in [0.2, 0.25) is 0 Å². The minimum absolute atomic E-state index is 0.0135. The van der Waals surface area contributed by atoms with Crippen LogP contribution in [0.2, 0.25) is 0 Å². The van der Waals surface area contributed by atoms with Crippen LogP contribution in [-0.2, 0) is 11.2 Å². The van der Waals surface area contributed by atoms with Gasteiger partial charge in [0.15, 0.2) is 0 Å². The molecule has 0 N–H and O–H groups in total. The van der Waals surface area contributed by atoms with Gasteiger partial charge in [0.05, 0.1) is 19.8 Å². The highest BCUT2D eigenvalue weighted by molar-refractivity contribution is 6.00. The Balaban J connectivity index is 2.30. The molecule has 136 valence electrons. The molecule has 0 unspecified atom stereocenters. The predicted molar refractivity (Wildman–Crippen MR) is 101 cm³/mol. The van der Waals surface area contributed by atoms with Crippen LogP contribution in [0.1, 0.15) is 53.7 Å². The molecule has 0 aromatic heterocycles. The normalized spacial score (nSPS) is 12.8. The molecular weight excluding hydrogens is 331 g/mol. The molecule has 3 rings (SSSR count). The van der Waals surface area contributed by atoms with Gasteiger partial charge in [0, 0.05) is 17.2 Å². The molecule has 26 heavy (non-hydrogen) atoms. The van der Waals surface area contributed by atoms with E-state index in [-0.39, 0.29) is 11.7 Å². The molecule has 0 radical (unpaired) electrons. The second kappa shape index (κ2) is 6.94. The summed E-state index contributed by atoms with van der Waals surface area (Å²) in [7, 11) is 2.87. The van der Waals surface area contributed by atoms with Crippen molar-refractivity contribution in [1.29, 1.82) is 0 Å². The summed E-state index contributed by atoms with van der Waals surface area (Å²) in [6, 6.07) is 7.03. The topological polar surface area (TPSA) is 35.5 Å². The van der Waals surface area contributed by atoms with E-state index in [1.165, 1.54) is 20.3 Å². The SMILES string of the molecule is COC(=O)c1cc2c(cc1-c1cc(C(C)C)c(F)cc1OC)CC=C2C. The van der Waals surface area contributed by atoms with Gasteiger partial charge in [-0.1, -0.05) is 19.9 Å². The van der Waals surface area contributed by atoms with Crippen LogP contribution in [0.4, 0.5) is 4.39 Å². The summed E-state index contributed by atoms with van der Waals surface area (Å²) in [5.41, 5.74) is 5.79. The third-order valence-corrected chi connectivity index (χ3v) is 4.93. The molecule has 4 heteroatoms. The third-order valence-electron chi connectivity index (χ3n) is 4.93. The van der Waals surface area contributed by atoms with Gasteiger partial charge in [-0.3, -0.25) is 0 Å². The van der Waals surface area contributed by atoms with E-state index in [0.717, 1.165) is 23.1 Å². The summed E-state index contributed by atoms with van der Waals surface area (Å²) >= 11 is 0. The zero-order chi connectivity index (χ0) is 19.0. The minimum atomic E-state index is -0.417. The Morgan fingerprint density at radius 2 is 1.81 bits per heavy atom. The first-order chi connectivity index (χ1) is 12.4. The molecule has 2 aromatic carbocycles. The number of hydrogen-bond donors (Lipinski definition) is 0. The molecule has 0 atom stereocenters. The summed E-state index contributed by atoms with van der Waals surface area (Å²) < 4.78 is 24.8. The number of methoxy groups -OCH3 is 2. The van der Waals surface area contributed by atoms with Gasteiger partial charge in [0.25, 0.3) is 0 Å². The van der Waals surface area contributed by atoms with Gasteiger partial charge < -0.3 is 9.47 Å². The Morgan fingerprint density at radius 3 is 2.42 bits per heavy atom. The van der Waals surface area contributed by atoms with Crippen LogP contribution in [0.15, 0.2) is 30.3 Å². The van der Waals surface area contributed by atoms with Crippen molar-refractivity contribution in [1.82, 2.24) is 0 Å². The van der Waals surface area contributed by atoms with Crippen LogP contribution in [0, 0.1) is 5.82 Å². The van der Waals surface area contributed by atoms with Crippen LogP contribution in [0.5, 0.6) is 5.75 Å². The first kappa shape index (κ1) is 18.2. The molecule has 0 heterocycles. The Hall–Kier alpha value is -2.62. The quantitative estimate of drug-likeness (QED) is 0.692. The standard InChI is InChI=1S/C22H23FO3/c1-12(2)15-9-18(21(25-4)11-20(15)23)17-8-14-7-6-13(3)16(14)10-19(17)22(24)26-5/h6,8-12H,7H2,1-5H3. The predicted octanol–water partition coefficient (Wildman–Crippen LogP) is 5.37. The number of hydrogen-bond acceptors (Lipinski definition) is 3. The molecule has 0 bridgehead atoms. The Labute approximate surface area is 153 Å². The molecule has 0 spiro atoms. The van der Waals surface area contributed by atoms with E-state index in [1.54, 1.807) is 6.07 Å². The maximum absolute atomic E-state index is 14.4. The van der Waals surface area contributed by atoms with Crippen molar-refractivity contribution < 1.29 is 18.7 Å². The van der Waals surface area contributed by atoms with Crippen LogP contribution < -0.4 is 4.74 Å². The number of carbonyl (C=O) groups excluding carboxylic acids is 1. The van der Waals surface area contributed by atoms with Gasteiger partial charge in [-0.05, 0) is 59.7 Å². The highest BCUT2D eigenvalue weighted by atomic mass is 19.1. The third kappa shape index (κ3) is 3.00. The smallest absolute Gasteiger partial charge is 0.338 e. The maximum atomic E-state index is 14.4. The van der Waals surface area contributed by atoms with Crippen molar-refractivity contribution in [2.24, 2.45) is 0 Å². The van der Waals surface area contributed by atoms with Gasteiger partial charge in [0.1, 0.15) is 11.6 Å². The first-order valence-corrected chi connectivity index (χ1v) is 8.67. The summed E-state index contributed by atoms with van der Waals surface area (Å²) in [6.45, 7) is 5.90. The lowest BCUT2D eigenvalue weighted by molar-refractivity contribution is 0.0601. The molecule has 0 aliphatic heterocycles. The van der Waals surface area contributed by atoms with E-state index in [9.17, 15) is 9.18 Å². The van der Waals surface area contributed by atoms with Gasteiger partial charge in [-0.15, -0.1) is 0 Å². The molecule has 1 aliphatic rings. The molecule has 0 fully saturated rings. The number of benzene rings is 2. The van der Waals surface area contributed by atoms with Crippen LogP contribution in [-0.4, -0.2) is 20.2 Å². The first-order valence-electron chi connectivity index (χ1n) is 8.67. The number of rotatable bonds is 4. The summed E-state index contributed by atoms with van der Waals surface area (Å²) in [4.78, 5) is 12.4. The largest absolute Gasteiger partial charge is 0.496 e. The lowest BCUT2D eigenvalue weighted by Gasteiger charge is -2.18. The number of esters is 1. The van der Waals surface area contributed by atoms with Crippen LogP contribution in [0.3, 0.4) is 0 Å². The van der Waals surface area contributed by atoms with E-state index < -0.39 is 5.97 Å². The minimum Gasteiger partial charge on any atom is -0.496 e. The van der Waals surface area contributed by atoms with Crippen molar-refractivity contribution in [2.45, 2.75) is 33.1 Å². The van der Waals surface area contributed by atoms with Gasteiger partial charge in [-0.25, -0.2) is 9.18 Å². The van der Waals surface area contributed by atoms with Crippen molar-refractivity contribution in [3.8, 4) is 16.9 Å². The highest BCUT2D eigenvalue weighted by Crippen LogP contribution is 2.40.